The molecule has 0 amide bonds. The highest BCUT2D eigenvalue weighted by Crippen LogP contribution is 2.23. The third-order valence-electron chi connectivity index (χ3n) is 1.63. The van der Waals surface area contributed by atoms with Crippen LogP contribution in [-0.2, 0) is 0 Å². The van der Waals surface area contributed by atoms with E-state index in [9.17, 15) is 0 Å². The molecular weight excluding hydrogens is 186 g/mol. The molecule has 59 valence electrons. The normalized spacial score (nSPS) is 21.7. The Kier molecular flexibility index (Phi) is 2.15. The third-order valence-corrected chi connectivity index (χ3v) is 2.86. The van der Waals surface area contributed by atoms with Crippen LogP contribution in [-0.4, -0.2) is 9.85 Å². The van der Waals surface area contributed by atoms with Crippen molar-refractivity contribution in [2.75, 3.05) is 0 Å². The summed E-state index contributed by atoms with van der Waals surface area (Å²) in [6.45, 7) is 0. The van der Waals surface area contributed by atoms with Gasteiger partial charge in [0.15, 0.2) is 0 Å². The third kappa shape index (κ3) is 1.38. The van der Waals surface area contributed by atoms with Crippen LogP contribution in [0, 0.1) is 6.08 Å². The molecular formula is C9H6NS2. The lowest BCUT2D eigenvalue weighted by Gasteiger charge is -2.09. The summed E-state index contributed by atoms with van der Waals surface area (Å²) >= 11 is 6.78. The molecule has 0 saturated heterocycles. The van der Waals surface area contributed by atoms with Crippen LogP contribution in [0.2, 0.25) is 0 Å². The topological polar surface area (TPSA) is 12.9 Å². The quantitative estimate of drug-likeness (QED) is 0.634. The lowest BCUT2D eigenvalue weighted by Crippen LogP contribution is -2.07. The highest BCUT2D eigenvalue weighted by atomic mass is 32.1. The van der Waals surface area contributed by atoms with Gasteiger partial charge in [-0.1, -0.05) is 30.4 Å². The molecule has 0 aliphatic heterocycles. The zero-order valence-corrected chi connectivity index (χ0v) is 7.86. The lowest BCUT2D eigenvalue weighted by atomic mass is 10.0. The van der Waals surface area contributed by atoms with Gasteiger partial charge >= 0.3 is 0 Å². The standard InChI is InChI=1S/C9H6NS2/c11-8-4-2-1-3-7(8)9-10-5-6-12-9/h1-3,5-7H. The molecule has 1 aromatic heterocycles. The molecule has 1 aromatic rings. The van der Waals surface area contributed by atoms with Gasteiger partial charge in [-0.2, -0.15) is 0 Å². The van der Waals surface area contributed by atoms with Gasteiger partial charge < -0.3 is 0 Å². The fourth-order valence-corrected chi connectivity index (χ4v) is 2.12. The Morgan fingerprint density at radius 1 is 1.58 bits per heavy atom. The zero-order chi connectivity index (χ0) is 8.39. The van der Waals surface area contributed by atoms with Gasteiger partial charge in [-0.05, 0) is 6.08 Å². The molecule has 1 radical (unpaired) electrons. The maximum absolute atomic E-state index is 5.15. The monoisotopic (exact) mass is 192 g/mol. The second-order valence-electron chi connectivity index (χ2n) is 2.41. The Hall–Kier alpha value is -0.800. The average Bonchev–Trinajstić information content (AvgIpc) is 2.57. The predicted octanol–water partition coefficient (Wildman–Crippen LogP) is 2.53. The summed E-state index contributed by atoms with van der Waals surface area (Å²) in [7, 11) is 0. The molecule has 0 fully saturated rings. The molecule has 1 unspecified atom stereocenters. The number of rotatable bonds is 1. The van der Waals surface area contributed by atoms with Crippen molar-refractivity contribution in [3.8, 4) is 0 Å². The van der Waals surface area contributed by atoms with E-state index in [0.717, 1.165) is 9.87 Å². The maximum atomic E-state index is 5.15. The number of thiazole rings is 1. The number of nitrogens with zero attached hydrogens (tertiary/aromatic N) is 1. The Morgan fingerprint density at radius 2 is 2.50 bits per heavy atom. The summed E-state index contributed by atoms with van der Waals surface area (Å²) in [5, 5.41) is 3.02. The molecule has 12 heavy (non-hydrogen) atoms. The van der Waals surface area contributed by atoms with Crippen molar-refractivity contribution in [3.63, 3.8) is 0 Å². The SMILES string of the molecule is S=C1[C]=CC=CC1c1nccs1. The van der Waals surface area contributed by atoms with Crippen molar-refractivity contribution in [1.82, 2.24) is 4.98 Å². The first-order valence-electron chi connectivity index (χ1n) is 3.58. The van der Waals surface area contributed by atoms with E-state index >= 15 is 0 Å². The number of thiocarbonyl (C=S) groups is 1. The molecule has 1 nitrogen and oxygen atoms in total. The van der Waals surface area contributed by atoms with Gasteiger partial charge in [0.25, 0.3) is 0 Å². The number of allylic oxidation sites excluding steroid dienone is 4. The highest BCUT2D eigenvalue weighted by molar-refractivity contribution is 7.80. The molecule has 2 rings (SSSR count). The molecule has 3 heteroatoms. The summed E-state index contributed by atoms with van der Waals surface area (Å²) < 4.78 is 0. The molecule has 1 aliphatic rings. The van der Waals surface area contributed by atoms with Crippen molar-refractivity contribution in [1.29, 1.82) is 0 Å². The predicted molar refractivity (Wildman–Crippen MR) is 54.4 cm³/mol. The number of aromatic nitrogens is 1. The Morgan fingerprint density at radius 3 is 3.17 bits per heavy atom. The molecule has 0 aromatic carbocycles. The van der Waals surface area contributed by atoms with Crippen molar-refractivity contribution in [2.24, 2.45) is 0 Å². The first-order valence-corrected chi connectivity index (χ1v) is 4.86. The Labute approximate surface area is 80.5 Å². The molecule has 1 atom stereocenters. The van der Waals surface area contributed by atoms with E-state index in [0.29, 0.717) is 0 Å². The smallest absolute Gasteiger partial charge is 0.105 e. The maximum Gasteiger partial charge on any atom is 0.105 e. The highest BCUT2D eigenvalue weighted by Gasteiger charge is 2.15. The fraction of sp³-hybridized carbons (Fsp3) is 0.111. The minimum Gasteiger partial charge on any atom is -0.249 e. The molecule has 1 heterocycles. The van der Waals surface area contributed by atoms with Gasteiger partial charge in [-0.25, -0.2) is 4.98 Å². The van der Waals surface area contributed by atoms with Crippen molar-refractivity contribution >= 4 is 28.4 Å². The largest absolute Gasteiger partial charge is 0.249 e. The molecule has 1 aliphatic carbocycles. The van der Waals surface area contributed by atoms with E-state index in [2.05, 4.69) is 17.1 Å². The van der Waals surface area contributed by atoms with Crippen LogP contribution < -0.4 is 0 Å². The van der Waals surface area contributed by atoms with Gasteiger partial charge in [0.1, 0.15) is 5.01 Å². The Bertz CT molecular complexity index is 335. The van der Waals surface area contributed by atoms with Crippen LogP contribution in [0.3, 0.4) is 0 Å². The van der Waals surface area contributed by atoms with Crippen LogP contribution in [0.5, 0.6) is 0 Å². The average molecular weight is 192 g/mol. The number of hydrogen-bond donors (Lipinski definition) is 0. The summed E-state index contributed by atoms with van der Waals surface area (Å²) in [4.78, 5) is 5.04. The van der Waals surface area contributed by atoms with E-state index in [1.165, 1.54) is 0 Å². The van der Waals surface area contributed by atoms with E-state index in [1.807, 2.05) is 17.5 Å². The summed E-state index contributed by atoms with van der Waals surface area (Å²) in [5.74, 6) is 0.171. The molecule has 0 N–H and O–H groups in total. The summed E-state index contributed by atoms with van der Waals surface area (Å²) in [6, 6.07) is 0. The van der Waals surface area contributed by atoms with Crippen molar-refractivity contribution in [2.45, 2.75) is 5.92 Å². The summed E-state index contributed by atoms with van der Waals surface area (Å²) in [5.41, 5.74) is 0. The van der Waals surface area contributed by atoms with Gasteiger partial charge in [0.05, 0.1) is 5.92 Å². The van der Waals surface area contributed by atoms with Gasteiger partial charge in [0, 0.05) is 16.4 Å². The van der Waals surface area contributed by atoms with E-state index in [-0.39, 0.29) is 5.92 Å². The van der Waals surface area contributed by atoms with Gasteiger partial charge in [-0.3, -0.25) is 0 Å². The first kappa shape index (κ1) is 7.83. The van der Waals surface area contributed by atoms with E-state index < -0.39 is 0 Å². The van der Waals surface area contributed by atoms with Crippen LogP contribution in [0.1, 0.15) is 10.9 Å². The molecule has 0 saturated carbocycles. The second-order valence-corrected chi connectivity index (χ2v) is 3.77. The second kappa shape index (κ2) is 3.29. The first-order chi connectivity index (χ1) is 5.88. The zero-order valence-electron chi connectivity index (χ0n) is 6.23. The Balaban J connectivity index is 2.31. The fourth-order valence-electron chi connectivity index (χ4n) is 1.06. The van der Waals surface area contributed by atoms with Crippen LogP contribution in [0.4, 0.5) is 0 Å². The van der Waals surface area contributed by atoms with Gasteiger partial charge in [-0.15, -0.1) is 11.3 Å². The minimum atomic E-state index is 0.171. The van der Waals surface area contributed by atoms with E-state index in [1.54, 1.807) is 17.5 Å². The lowest BCUT2D eigenvalue weighted by molar-refractivity contribution is 1.10. The number of hydrogen-bond acceptors (Lipinski definition) is 3. The van der Waals surface area contributed by atoms with Crippen molar-refractivity contribution in [3.05, 3.63) is 40.9 Å². The molecule has 0 spiro atoms. The minimum absolute atomic E-state index is 0.171. The van der Waals surface area contributed by atoms with Gasteiger partial charge in [0.2, 0.25) is 0 Å². The van der Waals surface area contributed by atoms with Crippen LogP contribution in [0.25, 0.3) is 0 Å². The van der Waals surface area contributed by atoms with Crippen LogP contribution in [0.15, 0.2) is 29.8 Å². The van der Waals surface area contributed by atoms with Crippen LogP contribution >= 0.6 is 23.6 Å². The summed E-state index contributed by atoms with van der Waals surface area (Å²) in [6.07, 6.45) is 10.7. The van der Waals surface area contributed by atoms with Crippen molar-refractivity contribution < 1.29 is 0 Å². The molecule has 0 bridgehead atoms. The van der Waals surface area contributed by atoms with E-state index in [4.69, 9.17) is 12.2 Å².